The number of halogens is 1. The Morgan fingerprint density at radius 2 is 1.92 bits per heavy atom. The van der Waals surface area contributed by atoms with Gasteiger partial charge in [0, 0.05) is 6.20 Å². The lowest BCUT2D eigenvalue weighted by molar-refractivity contribution is -0.136. The molecule has 0 amide bonds. The van der Waals surface area contributed by atoms with E-state index in [0.29, 0.717) is 22.2 Å². The maximum absolute atomic E-state index is 11.1. The summed E-state index contributed by atoms with van der Waals surface area (Å²) in [5, 5.41) is 18.2. The number of hydrogen-bond acceptors (Lipinski definition) is 4. The van der Waals surface area contributed by atoms with Gasteiger partial charge < -0.3 is 5.11 Å². The van der Waals surface area contributed by atoms with E-state index in [-0.39, 0.29) is 6.42 Å². The van der Waals surface area contributed by atoms with Crippen LogP contribution in [0.5, 0.6) is 0 Å². The van der Waals surface area contributed by atoms with Crippen molar-refractivity contribution in [3.05, 3.63) is 58.4 Å². The number of azo groups is 1. The van der Waals surface area contributed by atoms with Gasteiger partial charge in [-0.15, -0.1) is 10.2 Å². The molecule has 0 aliphatic heterocycles. The number of benzene rings is 1. The van der Waals surface area contributed by atoms with Crippen LogP contribution in [0.1, 0.15) is 16.8 Å². The van der Waals surface area contributed by atoms with Crippen LogP contribution in [0, 0.1) is 13.8 Å². The fraction of sp³-hybridized carbons (Fsp3) is 0.176. The molecule has 1 aromatic carbocycles. The fourth-order valence-corrected chi connectivity index (χ4v) is 2.64. The number of rotatable bonds is 4. The molecule has 0 aliphatic carbocycles. The molecule has 0 saturated carbocycles. The van der Waals surface area contributed by atoms with Crippen molar-refractivity contribution in [2.45, 2.75) is 20.3 Å². The van der Waals surface area contributed by atoms with Gasteiger partial charge in [-0.1, -0.05) is 29.8 Å². The molecule has 0 unspecified atom stereocenters. The molecule has 2 heterocycles. The van der Waals surface area contributed by atoms with Gasteiger partial charge in [0.1, 0.15) is 5.65 Å². The van der Waals surface area contributed by atoms with Gasteiger partial charge in [0.05, 0.1) is 22.8 Å². The summed E-state index contributed by atoms with van der Waals surface area (Å²) < 4.78 is 1.65. The standard InChI is InChI=1S/C17H15ClN4O2/c1-10-4-3-5-11(2)16(10)20-21-17-13(8-15(23)24)19-14-7-6-12(18)9-22(14)17/h3-7,9H,8H2,1-2H3,(H,23,24). The van der Waals surface area contributed by atoms with E-state index >= 15 is 0 Å². The van der Waals surface area contributed by atoms with Crippen LogP contribution in [0.3, 0.4) is 0 Å². The van der Waals surface area contributed by atoms with Gasteiger partial charge in [-0.25, -0.2) is 4.98 Å². The van der Waals surface area contributed by atoms with Gasteiger partial charge in [0.25, 0.3) is 0 Å². The van der Waals surface area contributed by atoms with Crippen molar-refractivity contribution in [1.29, 1.82) is 0 Å². The molecule has 0 radical (unpaired) electrons. The minimum atomic E-state index is -0.979. The Hall–Kier alpha value is -2.73. The number of carboxylic acids is 1. The lowest BCUT2D eigenvalue weighted by Crippen LogP contribution is -2.00. The fourth-order valence-electron chi connectivity index (χ4n) is 2.48. The summed E-state index contributed by atoms with van der Waals surface area (Å²) in [5.41, 5.74) is 3.66. The van der Waals surface area contributed by atoms with Gasteiger partial charge in [0.2, 0.25) is 0 Å². The topological polar surface area (TPSA) is 79.3 Å². The lowest BCUT2D eigenvalue weighted by Gasteiger charge is -2.03. The molecule has 3 aromatic rings. The number of carbonyl (C=O) groups is 1. The van der Waals surface area contributed by atoms with Gasteiger partial charge in [-0.2, -0.15) is 0 Å². The average molecular weight is 343 g/mol. The Morgan fingerprint density at radius 3 is 2.58 bits per heavy atom. The van der Waals surface area contributed by atoms with E-state index in [0.717, 1.165) is 16.8 Å². The molecule has 0 spiro atoms. The maximum Gasteiger partial charge on any atom is 0.309 e. The van der Waals surface area contributed by atoms with Crippen molar-refractivity contribution < 1.29 is 9.90 Å². The first kappa shape index (κ1) is 16.1. The molecule has 0 bridgehead atoms. The molecule has 6 nitrogen and oxygen atoms in total. The molecule has 2 aromatic heterocycles. The first-order valence-corrected chi connectivity index (χ1v) is 7.69. The monoisotopic (exact) mass is 342 g/mol. The summed E-state index contributed by atoms with van der Waals surface area (Å²) in [4.78, 5) is 15.4. The van der Waals surface area contributed by atoms with Gasteiger partial charge in [-0.3, -0.25) is 9.20 Å². The highest BCUT2D eigenvalue weighted by molar-refractivity contribution is 6.30. The average Bonchev–Trinajstić information content (AvgIpc) is 2.83. The van der Waals surface area contributed by atoms with E-state index in [1.807, 2.05) is 32.0 Å². The second kappa shape index (κ2) is 6.41. The largest absolute Gasteiger partial charge is 0.481 e. The normalized spacial score (nSPS) is 11.5. The summed E-state index contributed by atoms with van der Waals surface area (Å²) in [6.45, 7) is 3.90. The SMILES string of the molecule is Cc1cccc(C)c1N=Nc1c(CC(=O)O)nc2ccc(Cl)cn12. The van der Waals surface area contributed by atoms with E-state index in [2.05, 4.69) is 15.2 Å². The van der Waals surface area contributed by atoms with Crippen LogP contribution in [0.25, 0.3) is 5.65 Å². The molecule has 24 heavy (non-hydrogen) atoms. The highest BCUT2D eigenvalue weighted by Crippen LogP contribution is 2.29. The Kier molecular flexibility index (Phi) is 4.31. The van der Waals surface area contributed by atoms with E-state index in [9.17, 15) is 4.79 Å². The summed E-state index contributed by atoms with van der Waals surface area (Å²) in [6.07, 6.45) is 1.41. The zero-order chi connectivity index (χ0) is 17.3. The Balaban J connectivity index is 2.14. The number of carboxylic acid groups (broad SMARTS) is 1. The van der Waals surface area contributed by atoms with Gasteiger partial charge in [-0.05, 0) is 37.1 Å². The number of nitrogens with zero attached hydrogens (tertiary/aromatic N) is 4. The molecule has 0 fully saturated rings. The molecular weight excluding hydrogens is 328 g/mol. The van der Waals surface area contributed by atoms with E-state index in [4.69, 9.17) is 16.7 Å². The van der Waals surface area contributed by atoms with Crippen LogP contribution in [0.2, 0.25) is 5.02 Å². The zero-order valence-electron chi connectivity index (χ0n) is 13.2. The van der Waals surface area contributed by atoms with E-state index in [1.165, 1.54) is 0 Å². The predicted molar refractivity (Wildman–Crippen MR) is 91.6 cm³/mol. The van der Waals surface area contributed by atoms with Crippen LogP contribution in [-0.2, 0) is 11.2 Å². The number of pyridine rings is 1. The minimum Gasteiger partial charge on any atom is -0.481 e. The Labute approximate surface area is 143 Å². The summed E-state index contributed by atoms with van der Waals surface area (Å²) in [5.74, 6) is -0.606. The van der Waals surface area contributed by atoms with Crippen molar-refractivity contribution in [2.75, 3.05) is 0 Å². The van der Waals surface area contributed by atoms with Crippen molar-refractivity contribution in [3.8, 4) is 0 Å². The lowest BCUT2D eigenvalue weighted by atomic mass is 10.1. The second-order valence-corrected chi connectivity index (χ2v) is 5.90. The third-order valence-electron chi connectivity index (χ3n) is 3.63. The number of hydrogen-bond donors (Lipinski definition) is 1. The van der Waals surface area contributed by atoms with Gasteiger partial charge >= 0.3 is 5.97 Å². The van der Waals surface area contributed by atoms with Crippen molar-refractivity contribution >= 4 is 34.7 Å². The highest BCUT2D eigenvalue weighted by Gasteiger charge is 2.15. The van der Waals surface area contributed by atoms with Crippen LogP contribution >= 0.6 is 11.6 Å². The maximum atomic E-state index is 11.1. The Morgan fingerprint density at radius 1 is 1.21 bits per heavy atom. The number of imidazole rings is 1. The zero-order valence-corrected chi connectivity index (χ0v) is 13.9. The molecular formula is C17H15ClN4O2. The molecule has 1 N–H and O–H groups in total. The summed E-state index contributed by atoms with van der Waals surface area (Å²) >= 11 is 6.04. The molecule has 0 aliphatic rings. The van der Waals surface area contributed by atoms with Crippen molar-refractivity contribution in [2.24, 2.45) is 10.2 Å². The molecule has 122 valence electrons. The van der Waals surface area contributed by atoms with Crippen LogP contribution in [0.15, 0.2) is 46.8 Å². The summed E-state index contributed by atoms with van der Waals surface area (Å²) in [7, 11) is 0. The molecule has 3 rings (SSSR count). The van der Waals surface area contributed by atoms with Crippen LogP contribution in [-0.4, -0.2) is 20.5 Å². The van der Waals surface area contributed by atoms with Gasteiger partial charge in [0.15, 0.2) is 5.82 Å². The second-order valence-electron chi connectivity index (χ2n) is 5.47. The molecule has 0 atom stereocenters. The number of aryl methyl sites for hydroxylation is 2. The first-order chi connectivity index (χ1) is 11.5. The highest BCUT2D eigenvalue weighted by atomic mass is 35.5. The number of aliphatic carboxylic acids is 1. The third-order valence-corrected chi connectivity index (χ3v) is 3.85. The van der Waals surface area contributed by atoms with E-state index in [1.54, 1.807) is 22.7 Å². The minimum absolute atomic E-state index is 0.236. The van der Waals surface area contributed by atoms with Crippen molar-refractivity contribution in [1.82, 2.24) is 9.38 Å². The number of aromatic nitrogens is 2. The van der Waals surface area contributed by atoms with E-state index < -0.39 is 5.97 Å². The first-order valence-electron chi connectivity index (χ1n) is 7.32. The third kappa shape index (κ3) is 3.14. The Bertz CT molecular complexity index is 942. The van der Waals surface area contributed by atoms with Crippen molar-refractivity contribution in [3.63, 3.8) is 0 Å². The van der Waals surface area contributed by atoms with Crippen LogP contribution in [0.4, 0.5) is 11.5 Å². The molecule has 0 saturated heterocycles. The number of fused-ring (bicyclic) bond motifs is 1. The predicted octanol–water partition coefficient (Wildman–Crippen LogP) is 4.65. The molecule has 7 heteroatoms. The quantitative estimate of drug-likeness (QED) is 0.701. The van der Waals surface area contributed by atoms with Crippen LogP contribution < -0.4 is 0 Å². The summed E-state index contributed by atoms with van der Waals surface area (Å²) in [6, 6.07) is 9.26. The smallest absolute Gasteiger partial charge is 0.309 e.